The highest BCUT2D eigenvalue weighted by Gasteiger charge is 2.18. The van der Waals surface area contributed by atoms with Crippen LogP contribution in [-0.4, -0.2) is 28.6 Å². The van der Waals surface area contributed by atoms with Crippen LogP contribution in [0.1, 0.15) is 24.2 Å². The van der Waals surface area contributed by atoms with Crippen molar-refractivity contribution in [3.63, 3.8) is 0 Å². The predicted molar refractivity (Wildman–Crippen MR) is 66.2 cm³/mol. The van der Waals surface area contributed by atoms with Crippen LogP contribution in [0, 0.1) is 21.8 Å². The van der Waals surface area contributed by atoms with Crippen molar-refractivity contribution >= 4 is 11.6 Å². The van der Waals surface area contributed by atoms with Gasteiger partial charge in [-0.2, -0.15) is 0 Å². The number of benzene rings is 1. The molecule has 2 atom stereocenters. The summed E-state index contributed by atoms with van der Waals surface area (Å²) in [6.07, 6.45) is 0. The molecule has 0 fully saturated rings. The second kappa shape index (κ2) is 6.24. The lowest BCUT2D eigenvalue weighted by atomic mass is 10.0. The van der Waals surface area contributed by atoms with Crippen molar-refractivity contribution in [2.45, 2.75) is 19.9 Å². The molecule has 2 unspecified atom stereocenters. The molecular formula is C12H15FN2O4. The molecule has 0 bridgehead atoms. The zero-order valence-corrected chi connectivity index (χ0v) is 10.6. The summed E-state index contributed by atoms with van der Waals surface area (Å²) in [6.45, 7) is 3.32. The minimum Gasteiger partial charge on any atom is -0.396 e. The summed E-state index contributed by atoms with van der Waals surface area (Å²) in [4.78, 5) is 21.6. The molecule has 0 heterocycles. The first-order valence-corrected chi connectivity index (χ1v) is 5.72. The minimum atomic E-state index is -0.845. The Morgan fingerprint density at radius 2 is 2.11 bits per heavy atom. The first kappa shape index (κ1) is 15.0. The van der Waals surface area contributed by atoms with E-state index in [0.717, 1.165) is 18.2 Å². The summed E-state index contributed by atoms with van der Waals surface area (Å²) in [7, 11) is 0. The van der Waals surface area contributed by atoms with E-state index < -0.39 is 22.3 Å². The molecule has 1 aromatic rings. The Labute approximate surface area is 109 Å². The Kier molecular flexibility index (Phi) is 4.94. The monoisotopic (exact) mass is 270 g/mol. The van der Waals surface area contributed by atoms with Crippen molar-refractivity contribution in [1.29, 1.82) is 0 Å². The average molecular weight is 270 g/mol. The number of carbonyl (C=O) groups is 1. The number of aliphatic hydroxyl groups excluding tert-OH is 1. The van der Waals surface area contributed by atoms with Gasteiger partial charge in [0.05, 0.1) is 11.0 Å². The SMILES string of the molecule is CC(CO)C(C)NC(=O)c1cc(F)cc([N+](=O)[O-])c1. The Bertz CT molecular complexity index is 493. The molecule has 0 aliphatic heterocycles. The van der Waals surface area contributed by atoms with Crippen LogP contribution < -0.4 is 5.32 Å². The first-order valence-electron chi connectivity index (χ1n) is 5.72. The summed E-state index contributed by atoms with van der Waals surface area (Å²) in [5.41, 5.74) is -0.600. The second-order valence-corrected chi connectivity index (χ2v) is 4.38. The van der Waals surface area contributed by atoms with Gasteiger partial charge < -0.3 is 10.4 Å². The molecule has 1 rings (SSSR count). The van der Waals surface area contributed by atoms with E-state index in [1.807, 2.05) is 0 Å². The van der Waals surface area contributed by atoms with Crippen LogP contribution in [0.3, 0.4) is 0 Å². The summed E-state index contributed by atoms with van der Waals surface area (Å²) >= 11 is 0. The molecule has 1 aromatic carbocycles. The van der Waals surface area contributed by atoms with Crippen LogP contribution >= 0.6 is 0 Å². The van der Waals surface area contributed by atoms with E-state index in [0.29, 0.717) is 0 Å². The van der Waals surface area contributed by atoms with Crippen LogP contribution in [0.5, 0.6) is 0 Å². The summed E-state index contributed by atoms with van der Waals surface area (Å²) < 4.78 is 13.2. The summed E-state index contributed by atoms with van der Waals surface area (Å²) in [5.74, 6) is -1.63. The van der Waals surface area contributed by atoms with Gasteiger partial charge in [-0.25, -0.2) is 4.39 Å². The molecule has 0 aromatic heterocycles. The molecule has 7 heteroatoms. The molecule has 1 amide bonds. The third-order valence-electron chi connectivity index (χ3n) is 2.86. The fourth-order valence-corrected chi connectivity index (χ4v) is 1.40. The lowest BCUT2D eigenvalue weighted by Gasteiger charge is -2.19. The molecule has 0 saturated carbocycles. The topological polar surface area (TPSA) is 92.5 Å². The lowest BCUT2D eigenvalue weighted by Crippen LogP contribution is -2.38. The molecule has 6 nitrogen and oxygen atoms in total. The number of nitrogens with zero attached hydrogens (tertiary/aromatic N) is 1. The molecule has 0 aliphatic rings. The zero-order chi connectivity index (χ0) is 14.6. The number of non-ortho nitro benzene ring substituents is 1. The van der Waals surface area contributed by atoms with E-state index in [9.17, 15) is 19.3 Å². The standard InChI is InChI=1S/C12H15FN2O4/c1-7(6-16)8(2)14-12(17)9-3-10(13)5-11(4-9)15(18)19/h3-5,7-8,16H,6H2,1-2H3,(H,14,17). The van der Waals surface area contributed by atoms with Crippen molar-refractivity contribution in [2.24, 2.45) is 5.92 Å². The number of rotatable bonds is 5. The molecule has 2 N–H and O–H groups in total. The number of hydrogen-bond donors (Lipinski definition) is 2. The highest BCUT2D eigenvalue weighted by Crippen LogP contribution is 2.16. The number of nitrogens with one attached hydrogen (secondary N) is 1. The smallest absolute Gasteiger partial charge is 0.273 e. The highest BCUT2D eigenvalue weighted by atomic mass is 19.1. The molecule has 104 valence electrons. The second-order valence-electron chi connectivity index (χ2n) is 4.38. The van der Waals surface area contributed by atoms with Gasteiger partial charge in [0.15, 0.2) is 0 Å². The van der Waals surface area contributed by atoms with E-state index in [2.05, 4.69) is 5.32 Å². The van der Waals surface area contributed by atoms with Crippen LogP contribution in [-0.2, 0) is 0 Å². The Hall–Kier alpha value is -2.02. The van der Waals surface area contributed by atoms with Crippen molar-refractivity contribution in [2.75, 3.05) is 6.61 Å². The number of carbonyl (C=O) groups excluding carboxylic acids is 1. The molecule has 0 aliphatic carbocycles. The number of hydrogen-bond acceptors (Lipinski definition) is 4. The van der Waals surface area contributed by atoms with Gasteiger partial charge in [0.2, 0.25) is 0 Å². The number of nitro groups is 1. The van der Waals surface area contributed by atoms with Crippen molar-refractivity contribution < 1.29 is 19.2 Å². The average Bonchev–Trinajstić information content (AvgIpc) is 2.36. The van der Waals surface area contributed by atoms with Gasteiger partial charge in [-0.1, -0.05) is 6.92 Å². The molecule has 0 radical (unpaired) electrons. The number of aliphatic hydroxyl groups is 1. The van der Waals surface area contributed by atoms with Crippen molar-refractivity contribution in [1.82, 2.24) is 5.32 Å². The predicted octanol–water partition coefficient (Wildman–Crippen LogP) is 1.48. The van der Waals surface area contributed by atoms with Crippen molar-refractivity contribution in [3.05, 3.63) is 39.7 Å². The summed E-state index contributed by atoms with van der Waals surface area (Å²) in [5, 5.41) is 22.1. The van der Waals surface area contributed by atoms with Crippen LogP contribution in [0.4, 0.5) is 10.1 Å². The maximum Gasteiger partial charge on any atom is 0.273 e. The normalized spacial score (nSPS) is 13.7. The molecular weight excluding hydrogens is 255 g/mol. The van der Waals surface area contributed by atoms with E-state index in [1.54, 1.807) is 13.8 Å². The lowest BCUT2D eigenvalue weighted by molar-refractivity contribution is -0.385. The maximum atomic E-state index is 13.2. The van der Waals surface area contributed by atoms with Gasteiger partial charge in [-0.15, -0.1) is 0 Å². The number of nitro benzene ring substituents is 1. The highest BCUT2D eigenvalue weighted by molar-refractivity contribution is 5.95. The van der Waals surface area contributed by atoms with Crippen molar-refractivity contribution in [3.8, 4) is 0 Å². The maximum absolute atomic E-state index is 13.2. The van der Waals surface area contributed by atoms with E-state index in [-0.39, 0.29) is 24.1 Å². The van der Waals surface area contributed by atoms with Crippen LogP contribution in [0.25, 0.3) is 0 Å². The summed E-state index contributed by atoms with van der Waals surface area (Å²) in [6, 6.07) is 2.35. The quantitative estimate of drug-likeness (QED) is 0.626. The van der Waals surface area contributed by atoms with Crippen LogP contribution in [0.15, 0.2) is 18.2 Å². The van der Waals surface area contributed by atoms with E-state index >= 15 is 0 Å². The fraction of sp³-hybridized carbons (Fsp3) is 0.417. The van der Waals surface area contributed by atoms with E-state index in [1.165, 1.54) is 0 Å². The molecule has 19 heavy (non-hydrogen) atoms. The van der Waals surface area contributed by atoms with Gasteiger partial charge in [-0.05, 0) is 18.9 Å². The Balaban J connectivity index is 2.91. The molecule has 0 spiro atoms. The van der Waals surface area contributed by atoms with Gasteiger partial charge in [0, 0.05) is 24.3 Å². The minimum absolute atomic E-state index is 0.106. The van der Waals surface area contributed by atoms with Gasteiger partial charge >= 0.3 is 0 Å². The Morgan fingerprint density at radius 1 is 1.47 bits per heavy atom. The van der Waals surface area contributed by atoms with Gasteiger partial charge in [-0.3, -0.25) is 14.9 Å². The largest absolute Gasteiger partial charge is 0.396 e. The zero-order valence-electron chi connectivity index (χ0n) is 10.6. The first-order chi connectivity index (χ1) is 8.85. The van der Waals surface area contributed by atoms with Crippen LogP contribution in [0.2, 0.25) is 0 Å². The van der Waals surface area contributed by atoms with E-state index in [4.69, 9.17) is 5.11 Å². The Morgan fingerprint density at radius 3 is 2.63 bits per heavy atom. The molecule has 0 saturated heterocycles. The van der Waals surface area contributed by atoms with Gasteiger partial charge in [0.25, 0.3) is 11.6 Å². The fourth-order valence-electron chi connectivity index (χ4n) is 1.40. The third kappa shape index (κ3) is 3.99. The van der Waals surface area contributed by atoms with Gasteiger partial charge in [0.1, 0.15) is 5.82 Å². The third-order valence-corrected chi connectivity index (χ3v) is 2.86. The number of halogens is 1. The number of amides is 1.